The van der Waals surface area contributed by atoms with Crippen LogP contribution in [0.25, 0.3) is 11.5 Å². The Bertz CT molecular complexity index is 508. The van der Waals surface area contributed by atoms with Crippen LogP contribution >= 0.6 is 11.8 Å². The molecule has 96 valence electrons. The summed E-state index contributed by atoms with van der Waals surface area (Å²) in [5, 5.41) is 11.4. The van der Waals surface area contributed by atoms with Gasteiger partial charge in [0.25, 0.3) is 0 Å². The van der Waals surface area contributed by atoms with Gasteiger partial charge >= 0.3 is 0 Å². The monoisotopic (exact) mass is 263 g/mol. The summed E-state index contributed by atoms with van der Waals surface area (Å²) in [7, 11) is 1.90. The summed E-state index contributed by atoms with van der Waals surface area (Å²) in [5.41, 5.74) is 0.995. The predicted octanol–water partition coefficient (Wildman–Crippen LogP) is 3.13. The van der Waals surface area contributed by atoms with Crippen molar-refractivity contribution in [3.63, 3.8) is 0 Å². The first kappa shape index (κ1) is 13.1. The second kappa shape index (κ2) is 6.02. The lowest BCUT2D eigenvalue weighted by Gasteiger charge is -2.07. The summed E-state index contributed by atoms with van der Waals surface area (Å²) in [4.78, 5) is 1.14. The van der Waals surface area contributed by atoms with Crippen LogP contribution in [0, 0.1) is 0 Å². The number of rotatable bonds is 5. The van der Waals surface area contributed by atoms with Crippen molar-refractivity contribution in [2.45, 2.75) is 24.3 Å². The molecule has 0 spiro atoms. The average Bonchev–Trinajstić information content (AvgIpc) is 2.89. The highest BCUT2D eigenvalue weighted by molar-refractivity contribution is 7.98. The van der Waals surface area contributed by atoms with E-state index in [1.165, 1.54) is 0 Å². The van der Waals surface area contributed by atoms with Gasteiger partial charge in [0.05, 0.1) is 11.6 Å². The zero-order valence-corrected chi connectivity index (χ0v) is 11.6. The zero-order valence-electron chi connectivity index (χ0n) is 10.8. The first-order valence-corrected chi connectivity index (χ1v) is 7.16. The molecule has 0 aliphatic heterocycles. The Morgan fingerprint density at radius 2 is 2.11 bits per heavy atom. The Morgan fingerprint density at radius 1 is 1.33 bits per heavy atom. The van der Waals surface area contributed by atoms with E-state index < -0.39 is 0 Å². The van der Waals surface area contributed by atoms with Gasteiger partial charge in [0.1, 0.15) is 0 Å². The summed E-state index contributed by atoms with van der Waals surface area (Å²) in [6, 6.07) is 8.17. The molecule has 0 aliphatic rings. The molecule has 1 aromatic carbocycles. The van der Waals surface area contributed by atoms with Crippen molar-refractivity contribution in [1.29, 1.82) is 0 Å². The smallest absolute Gasteiger partial charge is 0.248 e. The van der Waals surface area contributed by atoms with Gasteiger partial charge in [-0.2, -0.15) is 0 Å². The fourth-order valence-corrected chi connectivity index (χ4v) is 2.40. The van der Waals surface area contributed by atoms with E-state index in [1.807, 2.05) is 31.5 Å². The highest BCUT2D eigenvalue weighted by Crippen LogP contribution is 2.30. The molecule has 0 radical (unpaired) electrons. The highest BCUT2D eigenvalue weighted by atomic mass is 32.2. The van der Waals surface area contributed by atoms with Gasteiger partial charge in [0.2, 0.25) is 11.8 Å². The highest BCUT2D eigenvalue weighted by Gasteiger charge is 2.17. The Labute approximate surface area is 111 Å². The lowest BCUT2D eigenvalue weighted by atomic mass is 10.2. The lowest BCUT2D eigenvalue weighted by Crippen LogP contribution is -2.15. The molecule has 0 aliphatic carbocycles. The molecule has 2 rings (SSSR count). The minimum absolute atomic E-state index is 0.118. The molecular weight excluding hydrogens is 246 g/mol. The maximum atomic E-state index is 5.76. The van der Waals surface area contributed by atoms with E-state index in [0.29, 0.717) is 11.8 Å². The summed E-state index contributed by atoms with van der Waals surface area (Å²) >= 11 is 1.68. The molecule has 1 aromatic heterocycles. The Hall–Kier alpha value is -1.33. The molecule has 18 heavy (non-hydrogen) atoms. The minimum atomic E-state index is 0.118. The first-order valence-electron chi connectivity index (χ1n) is 5.94. The van der Waals surface area contributed by atoms with E-state index in [9.17, 15) is 0 Å². The van der Waals surface area contributed by atoms with Crippen LogP contribution in [0.15, 0.2) is 33.6 Å². The van der Waals surface area contributed by atoms with Crippen LogP contribution in [0.4, 0.5) is 0 Å². The van der Waals surface area contributed by atoms with Gasteiger partial charge < -0.3 is 9.73 Å². The standard InChI is InChI=1S/C13H17N3OS/c1-4-10(14-2)13-16-15-12(17-13)9-7-5-6-8-11(9)18-3/h5-8,10,14H,4H2,1-3H3. The van der Waals surface area contributed by atoms with Crippen LogP contribution in [0.5, 0.6) is 0 Å². The van der Waals surface area contributed by atoms with Crippen molar-refractivity contribution >= 4 is 11.8 Å². The van der Waals surface area contributed by atoms with Gasteiger partial charge in [-0.1, -0.05) is 19.1 Å². The summed E-state index contributed by atoms with van der Waals surface area (Å²) in [5.74, 6) is 1.23. The van der Waals surface area contributed by atoms with Crippen LogP contribution in [0.2, 0.25) is 0 Å². The molecule has 1 atom stereocenters. The Morgan fingerprint density at radius 3 is 2.78 bits per heavy atom. The maximum Gasteiger partial charge on any atom is 0.248 e. The molecule has 0 saturated carbocycles. The van der Waals surface area contributed by atoms with Crippen LogP contribution < -0.4 is 5.32 Å². The normalized spacial score (nSPS) is 12.6. The third-order valence-corrected chi connectivity index (χ3v) is 3.63. The van der Waals surface area contributed by atoms with Gasteiger partial charge in [-0.3, -0.25) is 0 Å². The molecular formula is C13H17N3OS. The fourth-order valence-electron chi connectivity index (χ4n) is 1.81. The second-order valence-electron chi connectivity index (χ2n) is 3.90. The predicted molar refractivity (Wildman–Crippen MR) is 73.6 cm³/mol. The molecule has 0 amide bonds. The topological polar surface area (TPSA) is 51.0 Å². The van der Waals surface area contributed by atoms with Crippen molar-refractivity contribution in [1.82, 2.24) is 15.5 Å². The van der Waals surface area contributed by atoms with Crippen molar-refractivity contribution < 1.29 is 4.42 Å². The molecule has 1 unspecified atom stereocenters. The number of nitrogens with zero attached hydrogens (tertiary/aromatic N) is 2. The van der Waals surface area contributed by atoms with Crippen molar-refractivity contribution in [3.05, 3.63) is 30.2 Å². The van der Waals surface area contributed by atoms with Gasteiger partial charge in [0, 0.05) is 4.90 Å². The van der Waals surface area contributed by atoms with E-state index in [0.717, 1.165) is 16.9 Å². The summed E-state index contributed by atoms with van der Waals surface area (Å²) < 4.78 is 5.76. The lowest BCUT2D eigenvalue weighted by molar-refractivity contribution is 0.415. The fraction of sp³-hybridized carbons (Fsp3) is 0.385. The van der Waals surface area contributed by atoms with Gasteiger partial charge in [-0.25, -0.2) is 0 Å². The van der Waals surface area contributed by atoms with Gasteiger partial charge in [-0.15, -0.1) is 22.0 Å². The SMILES string of the molecule is CCC(NC)c1nnc(-c2ccccc2SC)o1. The molecule has 2 aromatic rings. The summed E-state index contributed by atoms with van der Waals surface area (Å²) in [6.07, 6.45) is 2.96. The van der Waals surface area contributed by atoms with E-state index >= 15 is 0 Å². The Balaban J connectivity index is 2.34. The van der Waals surface area contributed by atoms with E-state index in [1.54, 1.807) is 11.8 Å². The first-order chi connectivity index (χ1) is 8.80. The quantitative estimate of drug-likeness (QED) is 0.840. The van der Waals surface area contributed by atoms with E-state index in [2.05, 4.69) is 28.5 Å². The van der Waals surface area contributed by atoms with Crippen LogP contribution in [-0.4, -0.2) is 23.5 Å². The summed E-state index contributed by atoms with van der Waals surface area (Å²) in [6.45, 7) is 2.08. The third-order valence-electron chi connectivity index (χ3n) is 2.83. The molecule has 1 N–H and O–H groups in total. The van der Waals surface area contributed by atoms with Gasteiger partial charge in [-0.05, 0) is 31.9 Å². The van der Waals surface area contributed by atoms with Crippen LogP contribution in [-0.2, 0) is 0 Å². The molecule has 4 nitrogen and oxygen atoms in total. The van der Waals surface area contributed by atoms with E-state index in [4.69, 9.17) is 4.42 Å². The van der Waals surface area contributed by atoms with Crippen LogP contribution in [0.3, 0.4) is 0 Å². The minimum Gasteiger partial charge on any atom is -0.419 e. The Kier molecular flexibility index (Phi) is 4.38. The third kappa shape index (κ3) is 2.57. The molecule has 0 bridgehead atoms. The van der Waals surface area contributed by atoms with Crippen molar-refractivity contribution in [2.24, 2.45) is 0 Å². The largest absolute Gasteiger partial charge is 0.419 e. The van der Waals surface area contributed by atoms with Crippen LogP contribution in [0.1, 0.15) is 25.3 Å². The van der Waals surface area contributed by atoms with E-state index in [-0.39, 0.29) is 6.04 Å². The average molecular weight is 263 g/mol. The zero-order chi connectivity index (χ0) is 13.0. The second-order valence-corrected chi connectivity index (χ2v) is 4.74. The number of nitrogens with one attached hydrogen (secondary N) is 1. The molecule has 0 fully saturated rings. The molecule has 5 heteroatoms. The number of hydrogen-bond donors (Lipinski definition) is 1. The van der Waals surface area contributed by atoms with Crippen molar-refractivity contribution in [2.75, 3.05) is 13.3 Å². The number of hydrogen-bond acceptors (Lipinski definition) is 5. The molecule has 0 saturated heterocycles. The van der Waals surface area contributed by atoms with Gasteiger partial charge in [0.15, 0.2) is 0 Å². The molecule has 1 heterocycles. The number of thioether (sulfide) groups is 1. The maximum absolute atomic E-state index is 5.76. The number of benzene rings is 1. The van der Waals surface area contributed by atoms with Crippen molar-refractivity contribution in [3.8, 4) is 11.5 Å². The number of aromatic nitrogens is 2.